The molecule has 1 heterocycles. The topological polar surface area (TPSA) is 32.3 Å². The second kappa shape index (κ2) is 4.97. The van der Waals surface area contributed by atoms with Crippen LogP contribution < -0.4 is 5.32 Å². The minimum atomic E-state index is -1.57. The Morgan fingerprint density at radius 3 is 2.67 bits per heavy atom. The fourth-order valence-corrected chi connectivity index (χ4v) is 2.01. The largest absolute Gasteiger partial charge is 0.323 e. The average molecular weight is 258 g/mol. The van der Waals surface area contributed by atoms with Crippen molar-refractivity contribution in [2.75, 3.05) is 25.5 Å². The van der Waals surface area contributed by atoms with Crippen molar-refractivity contribution in [3.8, 4) is 0 Å². The number of carbonyl (C=O) groups excluding carboxylic acids is 1. The van der Waals surface area contributed by atoms with Crippen LogP contribution in [0.1, 0.15) is 6.42 Å². The van der Waals surface area contributed by atoms with Gasteiger partial charge in [-0.15, -0.1) is 0 Å². The Bertz CT molecular complexity index is 479. The van der Waals surface area contributed by atoms with Crippen molar-refractivity contribution in [3.05, 3.63) is 29.6 Å². The molecule has 0 bridgehead atoms. The smallest absolute Gasteiger partial charge is 0.228 e. The molecule has 18 heavy (non-hydrogen) atoms. The number of carbonyl (C=O) groups is 1. The van der Waals surface area contributed by atoms with Gasteiger partial charge in [0.2, 0.25) is 5.91 Å². The van der Waals surface area contributed by atoms with Crippen LogP contribution in [0.2, 0.25) is 0 Å². The molecule has 1 aliphatic rings. The predicted molar refractivity (Wildman–Crippen MR) is 60.5 cm³/mol. The quantitative estimate of drug-likeness (QED) is 0.823. The second-order valence-electron chi connectivity index (χ2n) is 4.46. The zero-order valence-corrected chi connectivity index (χ0v) is 9.84. The van der Waals surface area contributed by atoms with Gasteiger partial charge in [0.15, 0.2) is 17.5 Å². The van der Waals surface area contributed by atoms with Crippen LogP contribution in [-0.4, -0.2) is 30.9 Å². The Balaban J connectivity index is 2.10. The number of hydrogen-bond acceptors (Lipinski definition) is 2. The molecule has 1 atom stereocenters. The summed E-state index contributed by atoms with van der Waals surface area (Å²) >= 11 is 0. The van der Waals surface area contributed by atoms with Gasteiger partial charge in [-0.3, -0.25) is 4.79 Å². The number of anilines is 1. The van der Waals surface area contributed by atoms with Gasteiger partial charge in [-0.25, -0.2) is 13.2 Å². The molecular weight excluding hydrogens is 245 g/mol. The summed E-state index contributed by atoms with van der Waals surface area (Å²) in [5, 5.41) is 2.29. The van der Waals surface area contributed by atoms with E-state index in [1.54, 1.807) is 0 Å². The van der Waals surface area contributed by atoms with Gasteiger partial charge in [0.1, 0.15) is 0 Å². The highest BCUT2D eigenvalue weighted by molar-refractivity contribution is 5.93. The van der Waals surface area contributed by atoms with Crippen LogP contribution >= 0.6 is 0 Å². The van der Waals surface area contributed by atoms with E-state index in [0.717, 1.165) is 18.7 Å². The average Bonchev–Trinajstić information content (AvgIpc) is 2.77. The molecule has 1 N–H and O–H groups in total. The molecule has 0 radical (unpaired) electrons. The van der Waals surface area contributed by atoms with Crippen LogP contribution in [0.25, 0.3) is 0 Å². The van der Waals surface area contributed by atoms with Crippen molar-refractivity contribution >= 4 is 11.6 Å². The number of amides is 1. The Labute approximate surface area is 103 Å². The monoisotopic (exact) mass is 258 g/mol. The highest BCUT2D eigenvalue weighted by Crippen LogP contribution is 2.22. The number of nitrogens with one attached hydrogen (secondary N) is 1. The molecule has 2 rings (SSSR count). The maximum Gasteiger partial charge on any atom is 0.228 e. The zero-order chi connectivity index (χ0) is 13.3. The molecular formula is C12H13F3N2O. The Hall–Kier alpha value is -1.56. The molecule has 3 nitrogen and oxygen atoms in total. The summed E-state index contributed by atoms with van der Waals surface area (Å²) < 4.78 is 39.0. The summed E-state index contributed by atoms with van der Waals surface area (Å²) in [6.45, 7) is 1.37. The molecule has 1 amide bonds. The van der Waals surface area contributed by atoms with E-state index < -0.39 is 17.5 Å². The van der Waals surface area contributed by atoms with Gasteiger partial charge in [-0.2, -0.15) is 0 Å². The number of nitrogens with zero attached hydrogens (tertiary/aromatic N) is 1. The van der Waals surface area contributed by atoms with Gasteiger partial charge >= 0.3 is 0 Å². The molecule has 0 saturated carbocycles. The Kier molecular flexibility index (Phi) is 3.56. The van der Waals surface area contributed by atoms with Gasteiger partial charge in [-0.1, -0.05) is 0 Å². The lowest BCUT2D eigenvalue weighted by Crippen LogP contribution is -2.26. The summed E-state index contributed by atoms with van der Waals surface area (Å²) in [5.41, 5.74) is -0.326. The second-order valence-corrected chi connectivity index (χ2v) is 4.46. The summed E-state index contributed by atoms with van der Waals surface area (Å²) in [6.07, 6.45) is 0.674. The van der Waals surface area contributed by atoms with E-state index in [4.69, 9.17) is 0 Å². The highest BCUT2D eigenvalue weighted by atomic mass is 19.2. The third-order valence-corrected chi connectivity index (χ3v) is 3.06. The molecule has 98 valence electrons. The highest BCUT2D eigenvalue weighted by Gasteiger charge is 2.27. The molecule has 1 fully saturated rings. The Morgan fingerprint density at radius 2 is 2.06 bits per heavy atom. The normalized spacial score (nSPS) is 20.1. The van der Waals surface area contributed by atoms with E-state index in [0.29, 0.717) is 13.0 Å². The van der Waals surface area contributed by atoms with Crippen molar-refractivity contribution in [1.29, 1.82) is 0 Å². The van der Waals surface area contributed by atoms with Crippen molar-refractivity contribution in [1.82, 2.24) is 4.90 Å². The van der Waals surface area contributed by atoms with Crippen LogP contribution in [-0.2, 0) is 4.79 Å². The Morgan fingerprint density at radius 1 is 1.33 bits per heavy atom. The summed E-state index contributed by atoms with van der Waals surface area (Å²) in [7, 11) is 1.88. The van der Waals surface area contributed by atoms with Gasteiger partial charge < -0.3 is 10.2 Å². The lowest BCUT2D eigenvalue weighted by Gasteiger charge is -2.12. The molecule has 0 aliphatic carbocycles. The van der Waals surface area contributed by atoms with Crippen molar-refractivity contribution in [2.45, 2.75) is 6.42 Å². The SMILES string of the molecule is CN1CCC(C(=O)Nc2ccc(F)c(F)c2F)C1. The molecule has 0 aromatic heterocycles. The standard InChI is InChI=1S/C12H13F3N2O/c1-17-5-4-7(6-17)12(18)16-9-3-2-8(13)10(14)11(9)15/h2-3,7H,4-6H2,1H3,(H,16,18). The molecule has 1 aromatic rings. The van der Waals surface area contributed by atoms with Crippen molar-refractivity contribution in [3.63, 3.8) is 0 Å². The summed E-state index contributed by atoms with van der Waals surface area (Å²) in [4.78, 5) is 13.8. The van der Waals surface area contributed by atoms with E-state index in [2.05, 4.69) is 5.32 Å². The molecule has 1 saturated heterocycles. The van der Waals surface area contributed by atoms with Gasteiger partial charge in [0.25, 0.3) is 0 Å². The third kappa shape index (κ3) is 2.48. The van der Waals surface area contributed by atoms with Gasteiger partial charge in [0.05, 0.1) is 11.6 Å². The van der Waals surface area contributed by atoms with Crippen LogP contribution in [0, 0.1) is 23.4 Å². The number of benzene rings is 1. The summed E-state index contributed by atoms with van der Waals surface area (Å²) in [6, 6.07) is 1.80. The van der Waals surface area contributed by atoms with Crippen LogP contribution in [0.3, 0.4) is 0 Å². The maximum absolute atomic E-state index is 13.3. The molecule has 1 aliphatic heterocycles. The first-order valence-corrected chi connectivity index (χ1v) is 5.62. The van der Waals surface area contributed by atoms with E-state index >= 15 is 0 Å². The van der Waals surface area contributed by atoms with Crippen LogP contribution in [0.5, 0.6) is 0 Å². The predicted octanol–water partition coefficient (Wildman–Crippen LogP) is 1.99. The van der Waals surface area contributed by atoms with Crippen LogP contribution in [0.15, 0.2) is 12.1 Å². The molecule has 0 spiro atoms. The van der Waals surface area contributed by atoms with E-state index in [-0.39, 0.29) is 17.5 Å². The van der Waals surface area contributed by atoms with E-state index in [9.17, 15) is 18.0 Å². The fraction of sp³-hybridized carbons (Fsp3) is 0.417. The third-order valence-electron chi connectivity index (χ3n) is 3.06. The number of likely N-dealkylation sites (tertiary alicyclic amines) is 1. The number of rotatable bonds is 2. The van der Waals surface area contributed by atoms with E-state index in [1.165, 1.54) is 0 Å². The minimum Gasteiger partial charge on any atom is -0.323 e. The lowest BCUT2D eigenvalue weighted by molar-refractivity contribution is -0.119. The minimum absolute atomic E-state index is 0.248. The first-order valence-electron chi connectivity index (χ1n) is 5.62. The molecule has 1 unspecified atom stereocenters. The lowest BCUT2D eigenvalue weighted by atomic mass is 10.1. The number of halogens is 3. The number of hydrogen-bond donors (Lipinski definition) is 1. The first kappa shape index (κ1) is 12.9. The first-order chi connectivity index (χ1) is 8.49. The maximum atomic E-state index is 13.3. The van der Waals surface area contributed by atoms with Crippen LogP contribution in [0.4, 0.5) is 18.9 Å². The fourth-order valence-electron chi connectivity index (χ4n) is 2.01. The molecule has 1 aromatic carbocycles. The summed E-state index contributed by atoms with van der Waals surface area (Å²) in [5.74, 6) is -4.83. The van der Waals surface area contributed by atoms with Crippen molar-refractivity contribution < 1.29 is 18.0 Å². The van der Waals surface area contributed by atoms with Crippen molar-refractivity contribution in [2.24, 2.45) is 5.92 Å². The van der Waals surface area contributed by atoms with Gasteiger partial charge in [0, 0.05) is 6.54 Å². The van der Waals surface area contributed by atoms with Gasteiger partial charge in [-0.05, 0) is 32.1 Å². The molecule has 6 heteroatoms. The zero-order valence-electron chi connectivity index (χ0n) is 9.84. The van der Waals surface area contributed by atoms with E-state index in [1.807, 2.05) is 11.9 Å².